The largest absolute Gasteiger partial charge is 0.495 e. The lowest BCUT2D eigenvalue weighted by Crippen LogP contribution is -2.43. The smallest absolute Gasteiger partial charge is 0.267 e. The Bertz CT molecular complexity index is 1010. The van der Waals surface area contributed by atoms with Crippen molar-refractivity contribution in [1.29, 1.82) is 0 Å². The zero-order valence-corrected chi connectivity index (χ0v) is 17.7. The van der Waals surface area contributed by atoms with Crippen LogP contribution in [-0.4, -0.2) is 37.6 Å². The summed E-state index contributed by atoms with van der Waals surface area (Å²) in [7, 11) is 1.73. The number of methoxy groups -OCH3 is 1. The highest BCUT2D eigenvalue weighted by Gasteiger charge is 2.27. The van der Waals surface area contributed by atoms with E-state index in [0.717, 1.165) is 53.9 Å². The molecular formula is C24H24N2O3S. The lowest BCUT2D eigenvalue weighted by molar-refractivity contribution is 0.0487. The fraction of sp³-hybridized carbons (Fsp3) is 0.250. The van der Waals surface area contributed by atoms with Crippen LogP contribution in [0.25, 0.3) is 0 Å². The second-order valence-electron chi connectivity index (χ2n) is 7.27. The first-order chi connectivity index (χ1) is 14.8. The molecule has 1 saturated heterocycles. The predicted molar refractivity (Wildman–Crippen MR) is 120 cm³/mol. The van der Waals surface area contributed by atoms with Crippen molar-refractivity contribution in [3.05, 3.63) is 78.4 Å². The quantitative estimate of drug-likeness (QED) is 0.541. The summed E-state index contributed by atoms with van der Waals surface area (Å²) in [5, 5.41) is 0. The van der Waals surface area contributed by atoms with Crippen LogP contribution in [0.5, 0.6) is 17.2 Å². The van der Waals surface area contributed by atoms with Crippen molar-refractivity contribution in [2.75, 3.05) is 38.2 Å². The molecule has 0 aliphatic carbocycles. The molecule has 5 rings (SSSR count). The Hall–Kier alpha value is -2.83. The van der Waals surface area contributed by atoms with Gasteiger partial charge in [-0.3, -0.25) is 0 Å². The van der Waals surface area contributed by atoms with Gasteiger partial charge in [0, 0.05) is 36.6 Å². The second-order valence-corrected chi connectivity index (χ2v) is 8.44. The summed E-state index contributed by atoms with van der Waals surface area (Å²) < 4.78 is 19.9. The highest BCUT2D eigenvalue weighted by Crippen LogP contribution is 2.43. The van der Waals surface area contributed by atoms with E-state index >= 15 is 0 Å². The van der Waals surface area contributed by atoms with Crippen molar-refractivity contribution in [2.45, 2.75) is 11.2 Å². The lowest BCUT2D eigenvalue weighted by Gasteiger charge is -2.35. The van der Waals surface area contributed by atoms with Gasteiger partial charge < -0.3 is 19.1 Å². The summed E-state index contributed by atoms with van der Waals surface area (Å²) in [6.07, 6.45) is -0.370. The zero-order chi connectivity index (χ0) is 20.3. The first-order valence-electron chi connectivity index (χ1n) is 10.1. The number of benzene rings is 3. The third-order valence-corrected chi connectivity index (χ3v) is 6.44. The van der Waals surface area contributed by atoms with E-state index in [1.54, 1.807) is 19.1 Å². The molecule has 6 heteroatoms. The molecule has 0 spiro atoms. The van der Waals surface area contributed by atoms with E-state index in [-0.39, 0.29) is 6.29 Å². The van der Waals surface area contributed by atoms with Gasteiger partial charge in [0.15, 0.2) is 11.5 Å². The van der Waals surface area contributed by atoms with E-state index in [1.807, 2.05) is 48.5 Å². The van der Waals surface area contributed by atoms with Gasteiger partial charge in [0.05, 0.1) is 12.8 Å². The molecule has 2 heterocycles. The number of rotatable bonds is 5. The second kappa shape index (κ2) is 8.50. The van der Waals surface area contributed by atoms with Crippen LogP contribution >= 0.6 is 11.9 Å². The summed E-state index contributed by atoms with van der Waals surface area (Å²) in [5.41, 5.74) is 2.19. The highest BCUT2D eigenvalue weighted by atomic mass is 32.2. The van der Waals surface area contributed by atoms with Crippen LogP contribution in [0.4, 0.5) is 5.69 Å². The van der Waals surface area contributed by atoms with Crippen LogP contribution in [0.3, 0.4) is 0 Å². The minimum atomic E-state index is -0.370. The van der Waals surface area contributed by atoms with Crippen molar-refractivity contribution < 1.29 is 14.2 Å². The van der Waals surface area contributed by atoms with Gasteiger partial charge in [-0.05, 0) is 42.3 Å². The summed E-state index contributed by atoms with van der Waals surface area (Å²) in [4.78, 5) is 3.55. The molecule has 3 aromatic carbocycles. The van der Waals surface area contributed by atoms with Gasteiger partial charge >= 0.3 is 0 Å². The molecule has 0 bridgehead atoms. The number of para-hydroxylation sites is 2. The van der Waals surface area contributed by atoms with Crippen LogP contribution in [0.15, 0.2) is 77.7 Å². The topological polar surface area (TPSA) is 34.2 Å². The summed E-state index contributed by atoms with van der Waals surface area (Å²) in [5.74, 6) is 2.54. The molecule has 0 N–H and O–H groups in total. The van der Waals surface area contributed by atoms with Crippen molar-refractivity contribution in [1.82, 2.24) is 4.31 Å². The molecule has 3 aromatic rings. The van der Waals surface area contributed by atoms with Gasteiger partial charge in [0.2, 0.25) is 0 Å². The van der Waals surface area contributed by atoms with Crippen LogP contribution in [0.1, 0.15) is 11.9 Å². The Labute approximate surface area is 181 Å². The Kier molecular flexibility index (Phi) is 5.43. The first kappa shape index (κ1) is 19.2. The molecule has 0 saturated carbocycles. The van der Waals surface area contributed by atoms with Crippen molar-refractivity contribution in [3.63, 3.8) is 0 Å². The maximum absolute atomic E-state index is 6.05. The van der Waals surface area contributed by atoms with Crippen molar-refractivity contribution in [2.24, 2.45) is 0 Å². The average molecular weight is 421 g/mol. The molecule has 1 atom stereocenters. The van der Waals surface area contributed by atoms with Gasteiger partial charge in [0.1, 0.15) is 5.75 Å². The zero-order valence-electron chi connectivity index (χ0n) is 16.9. The summed E-state index contributed by atoms with van der Waals surface area (Å²) in [6.45, 7) is 3.88. The van der Waals surface area contributed by atoms with Crippen molar-refractivity contribution >= 4 is 17.6 Å². The number of piperazine rings is 1. The minimum absolute atomic E-state index is 0.370. The molecule has 1 fully saturated rings. The van der Waals surface area contributed by atoms with E-state index in [1.165, 1.54) is 5.69 Å². The van der Waals surface area contributed by atoms with Crippen LogP contribution < -0.4 is 19.1 Å². The lowest BCUT2D eigenvalue weighted by atomic mass is 10.2. The molecule has 5 nitrogen and oxygen atoms in total. The fourth-order valence-corrected chi connectivity index (χ4v) is 4.73. The van der Waals surface area contributed by atoms with Crippen LogP contribution in [-0.2, 0) is 0 Å². The van der Waals surface area contributed by atoms with Gasteiger partial charge in [-0.1, -0.05) is 42.5 Å². The number of anilines is 1. The van der Waals surface area contributed by atoms with Gasteiger partial charge in [0.25, 0.3) is 6.29 Å². The predicted octanol–water partition coefficient (Wildman–Crippen LogP) is 4.99. The number of ether oxygens (including phenoxy) is 3. The third-order valence-electron chi connectivity index (χ3n) is 5.35. The standard InChI is InChI=1S/C24H24N2O3S/c1-27-21-10-6-5-9-20(21)25-13-15-26(16-14-25)30-19-11-12-22-23(17-19)29-24(28-22)18-7-3-2-4-8-18/h2-12,17,24H,13-16H2,1H3. The number of nitrogens with zero attached hydrogens (tertiary/aromatic N) is 2. The van der Waals surface area contributed by atoms with Gasteiger partial charge in [-0.2, -0.15) is 0 Å². The number of hydrogen-bond acceptors (Lipinski definition) is 6. The van der Waals surface area contributed by atoms with E-state index < -0.39 is 0 Å². The van der Waals surface area contributed by atoms with Crippen molar-refractivity contribution in [3.8, 4) is 17.2 Å². The van der Waals surface area contributed by atoms with Gasteiger partial charge in [-0.15, -0.1) is 0 Å². The maximum atomic E-state index is 6.05. The normalized spacial score (nSPS) is 18.4. The van der Waals surface area contributed by atoms with E-state index in [4.69, 9.17) is 14.2 Å². The Morgan fingerprint density at radius 3 is 2.37 bits per heavy atom. The maximum Gasteiger partial charge on any atom is 0.267 e. The number of fused-ring (bicyclic) bond motifs is 1. The monoisotopic (exact) mass is 420 g/mol. The summed E-state index contributed by atoms with van der Waals surface area (Å²) in [6, 6.07) is 24.4. The Balaban J connectivity index is 1.20. The fourth-order valence-electron chi connectivity index (χ4n) is 3.80. The molecule has 1 unspecified atom stereocenters. The highest BCUT2D eigenvalue weighted by molar-refractivity contribution is 7.97. The Morgan fingerprint density at radius 2 is 1.57 bits per heavy atom. The van der Waals surface area contributed by atoms with E-state index in [9.17, 15) is 0 Å². The number of hydrogen-bond donors (Lipinski definition) is 0. The summed E-state index contributed by atoms with van der Waals surface area (Å²) >= 11 is 1.77. The molecule has 0 radical (unpaired) electrons. The van der Waals surface area contributed by atoms with Crippen LogP contribution in [0.2, 0.25) is 0 Å². The average Bonchev–Trinajstić information content (AvgIpc) is 3.24. The minimum Gasteiger partial charge on any atom is -0.495 e. The molecule has 2 aliphatic rings. The molecule has 2 aliphatic heterocycles. The molecule has 30 heavy (non-hydrogen) atoms. The van der Waals surface area contributed by atoms with E-state index in [2.05, 4.69) is 33.5 Å². The third kappa shape index (κ3) is 3.93. The molecular weight excluding hydrogens is 396 g/mol. The van der Waals surface area contributed by atoms with E-state index in [0.29, 0.717) is 0 Å². The van der Waals surface area contributed by atoms with Crippen LogP contribution in [0, 0.1) is 0 Å². The molecule has 0 amide bonds. The van der Waals surface area contributed by atoms with Gasteiger partial charge in [-0.25, -0.2) is 4.31 Å². The first-order valence-corrected chi connectivity index (χ1v) is 10.9. The molecule has 154 valence electrons. The SMILES string of the molecule is COc1ccccc1N1CCN(Sc2ccc3c(c2)OC(c2ccccc2)O3)CC1. The Morgan fingerprint density at radius 1 is 0.833 bits per heavy atom. The molecule has 0 aromatic heterocycles.